The van der Waals surface area contributed by atoms with E-state index >= 15 is 0 Å². The number of likely N-dealkylation sites (tertiary alicyclic amines) is 1. The minimum Gasteiger partial charge on any atom is -0.339 e. The lowest BCUT2D eigenvalue weighted by Crippen LogP contribution is -2.35. The average molecular weight is 316 g/mol. The lowest BCUT2D eigenvalue weighted by Gasteiger charge is -2.24. The Balaban J connectivity index is 1.93. The van der Waals surface area contributed by atoms with Crippen LogP contribution in [0, 0.1) is 0 Å². The monoisotopic (exact) mass is 315 g/mol. The molecule has 0 aliphatic carbocycles. The van der Waals surface area contributed by atoms with Crippen molar-refractivity contribution in [2.75, 3.05) is 6.54 Å². The van der Waals surface area contributed by atoms with Crippen LogP contribution in [-0.4, -0.2) is 37.1 Å². The average Bonchev–Trinajstić information content (AvgIpc) is 2.79. The van der Waals surface area contributed by atoms with Gasteiger partial charge in [0.25, 0.3) is 0 Å². The normalized spacial score (nSPS) is 21.2. The standard InChI is InChI=1S/C14H18ClNO3S/c1-11(7-8-12-5-3-2-4-6-12)16-10-13(9-14(16)17)20(15,18)19/h2-6,11,13H,7-10H2,1H3. The number of benzene rings is 1. The maximum absolute atomic E-state index is 11.9. The van der Waals surface area contributed by atoms with Crippen LogP contribution in [0.3, 0.4) is 0 Å². The molecule has 0 N–H and O–H groups in total. The van der Waals surface area contributed by atoms with Gasteiger partial charge in [-0.05, 0) is 25.3 Å². The van der Waals surface area contributed by atoms with E-state index in [2.05, 4.69) is 0 Å². The topological polar surface area (TPSA) is 54.5 Å². The van der Waals surface area contributed by atoms with Gasteiger partial charge in [0.1, 0.15) is 5.25 Å². The molecule has 0 aromatic heterocycles. The summed E-state index contributed by atoms with van der Waals surface area (Å²) in [6.07, 6.45) is 1.68. The molecule has 0 saturated carbocycles. The van der Waals surface area contributed by atoms with Crippen LogP contribution >= 0.6 is 10.7 Å². The molecule has 0 bridgehead atoms. The summed E-state index contributed by atoms with van der Waals surface area (Å²) in [5, 5.41) is -0.768. The van der Waals surface area contributed by atoms with Gasteiger partial charge in [0.15, 0.2) is 0 Å². The summed E-state index contributed by atoms with van der Waals surface area (Å²) in [4.78, 5) is 13.5. The fraction of sp³-hybridized carbons (Fsp3) is 0.500. The summed E-state index contributed by atoms with van der Waals surface area (Å²) in [6, 6.07) is 10.0. The lowest BCUT2D eigenvalue weighted by molar-refractivity contribution is -0.129. The third-order valence-electron chi connectivity index (χ3n) is 3.75. The highest BCUT2D eigenvalue weighted by Crippen LogP contribution is 2.24. The van der Waals surface area contributed by atoms with E-state index in [1.165, 1.54) is 5.56 Å². The number of nitrogens with zero attached hydrogens (tertiary/aromatic N) is 1. The minimum absolute atomic E-state index is 0.00150. The zero-order valence-electron chi connectivity index (χ0n) is 11.3. The Hall–Kier alpha value is -1.07. The van der Waals surface area contributed by atoms with Crippen molar-refractivity contribution in [3.05, 3.63) is 35.9 Å². The van der Waals surface area contributed by atoms with Crippen LogP contribution in [0.2, 0.25) is 0 Å². The highest BCUT2D eigenvalue weighted by Gasteiger charge is 2.38. The Morgan fingerprint density at radius 3 is 2.55 bits per heavy atom. The molecule has 110 valence electrons. The number of hydrogen-bond acceptors (Lipinski definition) is 3. The van der Waals surface area contributed by atoms with Crippen molar-refractivity contribution in [1.82, 2.24) is 4.90 Å². The van der Waals surface area contributed by atoms with E-state index in [9.17, 15) is 13.2 Å². The molecule has 2 rings (SSSR count). The smallest absolute Gasteiger partial charge is 0.237 e. The van der Waals surface area contributed by atoms with Crippen molar-refractivity contribution in [3.63, 3.8) is 0 Å². The van der Waals surface area contributed by atoms with Crippen LogP contribution in [0.4, 0.5) is 0 Å². The van der Waals surface area contributed by atoms with Gasteiger partial charge in [0.05, 0.1) is 0 Å². The molecular formula is C14H18ClNO3S. The molecule has 2 atom stereocenters. The van der Waals surface area contributed by atoms with Crippen LogP contribution in [0.25, 0.3) is 0 Å². The van der Waals surface area contributed by atoms with Gasteiger partial charge >= 0.3 is 0 Å². The van der Waals surface area contributed by atoms with E-state index in [1.54, 1.807) is 4.90 Å². The van der Waals surface area contributed by atoms with Crippen LogP contribution in [0.15, 0.2) is 30.3 Å². The van der Waals surface area contributed by atoms with Crippen LogP contribution in [-0.2, 0) is 20.3 Å². The van der Waals surface area contributed by atoms with Gasteiger partial charge in [-0.1, -0.05) is 30.3 Å². The number of carbonyl (C=O) groups excluding carboxylic acids is 1. The molecule has 1 aromatic carbocycles. The molecule has 1 aromatic rings. The summed E-state index contributed by atoms with van der Waals surface area (Å²) in [5.41, 5.74) is 1.22. The summed E-state index contributed by atoms with van der Waals surface area (Å²) in [5.74, 6) is -0.125. The second kappa shape index (κ2) is 6.14. The van der Waals surface area contributed by atoms with Crippen LogP contribution in [0.5, 0.6) is 0 Å². The third-order valence-corrected chi connectivity index (χ3v) is 5.61. The molecule has 1 fully saturated rings. The first-order valence-corrected chi connectivity index (χ1v) is 9.02. The van der Waals surface area contributed by atoms with Crippen molar-refractivity contribution in [3.8, 4) is 0 Å². The Morgan fingerprint density at radius 1 is 1.35 bits per heavy atom. The highest BCUT2D eigenvalue weighted by atomic mass is 35.7. The quantitative estimate of drug-likeness (QED) is 0.783. The molecule has 1 aliphatic heterocycles. The number of carbonyl (C=O) groups is 1. The van der Waals surface area contributed by atoms with Gasteiger partial charge in [-0.15, -0.1) is 0 Å². The van der Waals surface area contributed by atoms with Crippen molar-refractivity contribution < 1.29 is 13.2 Å². The Morgan fingerprint density at radius 2 is 2.00 bits per heavy atom. The van der Waals surface area contributed by atoms with Gasteiger partial charge in [-0.2, -0.15) is 0 Å². The summed E-state index contributed by atoms with van der Waals surface area (Å²) in [6.45, 7) is 2.16. The molecule has 0 spiro atoms. The second-order valence-corrected chi connectivity index (χ2v) is 8.13. The van der Waals surface area contributed by atoms with Gasteiger partial charge in [0, 0.05) is 29.7 Å². The molecule has 6 heteroatoms. The molecule has 4 nitrogen and oxygen atoms in total. The van der Waals surface area contributed by atoms with E-state index in [0.717, 1.165) is 12.8 Å². The maximum Gasteiger partial charge on any atom is 0.237 e. The second-order valence-electron chi connectivity index (χ2n) is 5.22. The number of aryl methyl sites for hydroxylation is 1. The predicted octanol–water partition coefficient (Wildman–Crippen LogP) is 2.18. The molecule has 1 saturated heterocycles. The largest absolute Gasteiger partial charge is 0.339 e. The zero-order chi connectivity index (χ0) is 14.8. The Labute approximate surface area is 124 Å². The molecule has 1 amide bonds. The van der Waals surface area contributed by atoms with Gasteiger partial charge < -0.3 is 4.90 Å². The Bertz CT molecular complexity index is 573. The van der Waals surface area contributed by atoms with Gasteiger partial charge in [0.2, 0.25) is 15.0 Å². The fourth-order valence-electron chi connectivity index (χ4n) is 2.49. The first kappa shape index (κ1) is 15.3. The number of halogens is 1. The van der Waals surface area contributed by atoms with E-state index in [1.807, 2.05) is 37.3 Å². The first-order valence-electron chi connectivity index (χ1n) is 6.65. The SMILES string of the molecule is CC(CCc1ccccc1)N1CC(S(=O)(=O)Cl)CC1=O. The van der Waals surface area contributed by atoms with E-state index in [-0.39, 0.29) is 24.9 Å². The summed E-state index contributed by atoms with van der Waals surface area (Å²) >= 11 is 0. The maximum atomic E-state index is 11.9. The highest BCUT2D eigenvalue weighted by molar-refractivity contribution is 8.14. The minimum atomic E-state index is -3.66. The molecular weight excluding hydrogens is 298 g/mol. The van der Waals surface area contributed by atoms with Crippen molar-refractivity contribution >= 4 is 25.6 Å². The van der Waals surface area contributed by atoms with Crippen LogP contribution < -0.4 is 0 Å². The van der Waals surface area contributed by atoms with E-state index < -0.39 is 14.3 Å². The molecule has 2 unspecified atom stereocenters. The Kier molecular flexibility index (Phi) is 4.70. The number of rotatable bonds is 5. The van der Waals surface area contributed by atoms with Gasteiger partial charge in [-0.25, -0.2) is 8.42 Å². The van der Waals surface area contributed by atoms with Crippen LogP contribution in [0.1, 0.15) is 25.3 Å². The van der Waals surface area contributed by atoms with Crippen molar-refractivity contribution in [2.24, 2.45) is 0 Å². The molecule has 1 heterocycles. The lowest BCUT2D eigenvalue weighted by atomic mass is 10.1. The molecule has 0 radical (unpaired) electrons. The third kappa shape index (κ3) is 3.73. The summed E-state index contributed by atoms with van der Waals surface area (Å²) < 4.78 is 22.6. The summed E-state index contributed by atoms with van der Waals surface area (Å²) in [7, 11) is 1.68. The molecule has 1 aliphatic rings. The number of hydrogen-bond donors (Lipinski definition) is 0. The van der Waals surface area contributed by atoms with E-state index in [0.29, 0.717) is 0 Å². The predicted molar refractivity (Wildman–Crippen MR) is 79.1 cm³/mol. The number of amides is 1. The zero-order valence-corrected chi connectivity index (χ0v) is 12.9. The van der Waals surface area contributed by atoms with Crippen molar-refractivity contribution in [1.29, 1.82) is 0 Å². The van der Waals surface area contributed by atoms with E-state index in [4.69, 9.17) is 10.7 Å². The van der Waals surface area contributed by atoms with Gasteiger partial charge in [-0.3, -0.25) is 4.79 Å². The molecule has 20 heavy (non-hydrogen) atoms. The first-order chi connectivity index (χ1) is 9.38. The van der Waals surface area contributed by atoms with Crippen molar-refractivity contribution in [2.45, 2.75) is 37.5 Å². The fourth-order valence-corrected chi connectivity index (χ4v) is 3.53.